The van der Waals surface area contributed by atoms with Gasteiger partial charge in [0.2, 0.25) is 0 Å². The maximum absolute atomic E-state index is 9.73. The fourth-order valence-corrected chi connectivity index (χ4v) is 2.19. The Labute approximate surface area is 109 Å². The van der Waals surface area contributed by atoms with Crippen LogP contribution in [0, 0.1) is 0 Å². The Hall–Kier alpha value is -2.00. The van der Waals surface area contributed by atoms with Gasteiger partial charge in [-0.3, -0.25) is 0 Å². The molecule has 0 bridgehead atoms. The molecule has 0 saturated carbocycles. The molecule has 3 aromatic rings. The molecule has 0 spiro atoms. The van der Waals surface area contributed by atoms with E-state index in [9.17, 15) is 5.11 Å². The molecule has 4 heteroatoms. The minimum absolute atomic E-state index is 0.282. The lowest BCUT2D eigenvalue weighted by molar-refractivity contribution is 0.469. The van der Waals surface area contributed by atoms with Gasteiger partial charge in [-0.2, -0.15) is 0 Å². The van der Waals surface area contributed by atoms with E-state index in [1.165, 1.54) is 0 Å². The molecule has 1 heterocycles. The molecule has 0 fully saturated rings. The van der Waals surface area contributed by atoms with Gasteiger partial charge in [-0.25, -0.2) is 4.98 Å². The second kappa shape index (κ2) is 4.35. The van der Waals surface area contributed by atoms with Crippen LogP contribution < -0.4 is 0 Å². The highest BCUT2D eigenvalue weighted by Gasteiger charge is 2.08. The van der Waals surface area contributed by atoms with Gasteiger partial charge in [-0.05, 0) is 18.2 Å². The predicted molar refractivity (Wildman–Crippen MR) is 72.0 cm³/mol. The van der Waals surface area contributed by atoms with Crippen LogP contribution in [0.4, 0.5) is 0 Å². The van der Waals surface area contributed by atoms with E-state index in [0.29, 0.717) is 11.4 Å². The first-order valence-corrected chi connectivity index (χ1v) is 6.02. The summed E-state index contributed by atoms with van der Waals surface area (Å²) in [7, 11) is 0. The molecule has 18 heavy (non-hydrogen) atoms. The van der Waals surface area contributed by atoms with Crippen molar-refractivity contribution in [1.29, 1.82) is 0 Å². The number of phenols is 1. The molecule has 90 valence electrons. The molecule has 3 nitrogen and oxygen atoms in total. The number of halogens is 1. The van der Waals surface area contributed by atoms with Crippen molar-refractivity contribution in [3.8, 4) is 5.75 Å². The Kier molecular flexibility index (Phi) is 2.68. The number of aromatic amines is 1. The predicted octanol–water partition coefficient (Wildman–Crippen LogP) is 3.51. The van der Waals surface area contributed by atoms with Crippen LogP contribution in [0.1, 0.15) is 11.4 Å². The summed E-state index contributed by atoms with van der Waals surface area (Å²) in [4.78, 5) is 7.66. The molecular weight excluding hydrogens is 248 g/mol. The number of aromatic hydroxyl groups is 1. The van der Waals surface area contributed by atoms with Crippen LogP contribution in [0.5, 0.6) is 5.75 Å². The second-order valence-corrected chi connectivity index (χ2v) is 4.53. The van der Waals surface area contributed by atoms with Crippen LogP contribution in [0.25, 0.3) is 11.0 Å². The van der Waals surface area contributed by atoms with E-state index in [0.717, 1.165) is 22.4 Å². The molecule has 0 unspecified atom stereocenters. The number of rotatable bonds is 2. The number of aromatic nitrogens is 2. The number of fused-ring (bicyclic) bond motifs is 1. The van der Waals surface area contributed by atoms with Crippen molar-refractivity contribution in [2.75, 3.05) is 0 Å². The summed E-state index contributed by atoms with van der Waals surface area (Å²) in [5, 5.41) is 10.4. The van der Waals surface area contributed by atoms with Gasteiger partial charge in [0.25, 0.3) is 0 Å². The first kappa shape index (κ1) is 11.1. The van der Waals surface area contributed by atoms with Gasteiger partial charge in [0, 0.05) is 12.0 Å². The van der Waals surface area contributed by atoms with Crippen molar-refractivity contribution in [2.24, 2.45) is 0 Å². The van der Waals surface area contributed by atoms with E-state index in [1.807, 2.05) is 30.3 Å². The Morgan fingerprint density at radius 2 is 1.94 bits per heavy atom. The van der Waals surface area contributed by atoms with Crippen molar-refractivity contribution in [1.82, 2.24) is 9.97 Å². The molecule has 0 amide bonds. The van der Waals surface area contributed by atoms with Crippen LogP contribution in [0.3, 0.4) is 0 Å². The van der Waals surface area contributed by atoms with Crippen molar-refractivity contribution >= 4 is 22.6 Å². The van der Waals surface area contributed by atoms with Gasteiger partial charge in [0.05, 0.1) is 10.5 Å². The van der Waals surface area contributed by atoms with Crippen molar-refractivity contribution in [3.05, 3.63) is 58.9 Å². The third-order valence-corrected chi connectivity index (χ3v) is 3.17. The normalized spacial score (nSPS) is 10.9. The topological polar surface area (TPSA) is 48.9 Å². The highest BCUT2D eigenvalue weighted by atomic mass is 35.5. The summed E-state index contributed by atoms with van der Waals surface area (Å²) in [6, 6.07) is 12.9. The standard InChI is InChI=1S/C14H11ClN2O/c15-10-5-3-6-11-14(10)17-13(16-11)8-9-4-1-2-7-12(9)18/h1-7,18H,8H2,(H,16,17). The molecule has 0 saturated heterocycles. The summed E-state index contributed by atoms with van der Waals surface area (Å²) in [6.45, 7) is 0. The molecule has 1 aromatic heterocycles. The van der Waals surface area contributed by atoms with Crippen LogP contribution in [0.15, 0.2) is 42.5 Å². The Balaban J connectivity index is 2.01. The summed E-state index contributed by atoms with van der Waals surface area (Å²) in [6.07, 6.45) is 0.553. The van der Waals surface area contributed by atoms with Crippen molar-refractivity contribution in [3.63, 3.8) is 0 Å². The highest BCUT2D eigenvalue weighted by Crippen LogP contribution is 2.23. The van der Waals surface area contributed by atoms with Crippen LogP contribution >= 0.6 is 11.6 Å². The van der Waals surface area contributed by atoms with E-state index < -0.39 is 0 Å². The highest BCUT2D eigenvalue weighted by molar-refractivity contribution is 6.34. The fourth-order valence-electron chi connectivity index (χ4n) is 1.97. The zero-order valence-corrected chi connectivity index (χ0v) is 10.3. The largest absolute Gasteiger partial charge is 0.508 e. The van der Waals surface area contributed by atoms with E-state index in [4.69, 9.17) is 11.6 Å². The summed E-state index contributed by atoms with van der Waals surface area (Å²) < 4.78 is 0. The van der Waals surface area contributed by atoms with E-state index in [2.05, 4.69) is 9.97 Å². The summed E-state index contributed by atoms with van der Waals surface area (Å²) in [5.41, 5.74) is 2.52. The number of hydrogen-bond donors (Lipinski definition) is 2. The van der Waals surface area contributed by atoms with Gasteiger partial charge in [-0.15, -0.1) is 0 Å². The molecule has 2 aromatic carbocycles. The zero-order chi connectivity index (χ0) is 12.5. The minimum Gasteiger partial charge on any atom is -0.508 e. The van der Waals surface area contributed by atoms with Crippen molar-refractivity contribution < 1.29 is 5.11 Å². The number of para-hydroxylation sites is 2. The number of imidazole rings is 1. The SMILES string of the molecule is Oc1ccccc1Cc1nc2c(Cl)cccc2[nH]1. The number of H-pyrrole nitrogens is 1. The third-order valence-electron chi connectivity index (χ3n) is 2.86. The average molecular weight is 259 g/mol. The van der Waals surface area contributed by atoms with Gasteiger partial charge in [-0.1, -0.05) is 35.9 Å². The third kappa shape index (κ3) is 1.93. The smallest absolute Gasteiger partial charge is 0.119 e. The lowest BCUT2D eigenvalue weighted by Crippen LogP contribution is -1.90. The molecule has 0 aliphatic carbocycles. The van der Waals surface area contributed by atoms with Crippen molar-refractivity contribution in [2.45, 2.75) is 6.42 Å². The maximum Gasteiger partial charge on any atom is 0.119 e. The van der Waals surface area contributed by atoms with Gasteiger partial charge >= 0.3 is 0 Å². The number of nitrogens with zero attached hydrogens (tertiary/aromatic N) is 1. The first-order chi connectivity index (χ1) is 8.74. The van der Waals surface area contributed by atoms with Gasteiger partial charge in [0.15, 0.2) is 0 Å². The molecule has 0 aliphatic rings. The van der Waals surface area contributed by atoms with E-state index >= 15 is 0 Å². The van der Waals surface area contributed by atoms with E-state index in [-0.39, 0.29) is 5.75 Å². The lowest BCUT2D eigenvalue weighted by atomic mass is 10.1. The maximum atomic E-state index is 9.73. The number of hydrogen-bond acceptors (Lipinski definition) is 2. The Morgan fingerprint density at radius 3 is 2.72 bits per heavy atom. The zero-order valence-electron chi connectivity index (χ0n) is 9.52. The van der Waals surface area contributed by atoms with Crippen LogP contribution in [-0.4, -0.2) is 15.1 Å². The fraction of sp³-hybridized carbons (Fsp3) is 0.0714. The Bertz CT molecular complexity index is 706. The number of phenolic OH excluding ortho intramolecular Hbond substituents is 1. The Morgan fingerprint density at radius 1 is 1.11 bits per heavy atom. The van der Waals surface area contributed by atoms with Crippen LogP contribution in [0.2, 0.25) is 5.02 Å². The summed E-state index contributed by atoms with van der Waals surface area (Å²) in [5.74, 6) is 1.07. The average Bonchev–Trinajstić information content (AvgIpc) is 2.76. The number of benzene rings is 2. The van der Waals surface area contributed by atoms with Gasteiger partial charge < -0.3 is 10.1 Å². The monoisotopic (exact) mass is 258 g/mol. The minimum atomic E-state index is 0.282. The molecule has 0 radical (unpaired) electrons. The van der Waals surface area contributed by atoms with Crippen LogP contribution in [-0.2, 0) is 6.42 Å². The quantitative estimate of drug-likeness (QED) is 0.739. The van der Waals surface area contributed by atoms with E-state index in [1.54, 1.807) is 12.1 Å². The lowest BCUT2D eigenvalue weighted by Gasteiger charge is -2.00. The second-order valence-electron chi connectivity index (χ2n) is 4.12. The molecule has 0 aliphatic heterocycles. The first-order valence-electron chi connectivity index (χ1n) is 5.64. The molecule has 0 atom stereocenters. The summed E-state index contributed by atoms with van der Waals surface area (Å²) >= 11 is 6.07. The molecule has 2 N–H and O–H groups in total. The van der Waals surface area contributed by atoms with Gasteiger partial charge in [0.1, 0.15) is 17.1 Å². The molecular formula is C14H11ClN2O. The number of nitrogens with one attached hydrogen (secondary N) is 1. The molecule has 3 rings (SSSR count).